The summed E-state index contributed by atoms with van der Waals surface area (Å²) in [5, 5.41) is 16.4. The van der Waals surface area contributed by atoms with Crippen LogP contribution in [0, 0.1) is 6.92 Å². The molecule has 0 aliphatic rings. The minimum atomic E-state index is 0.212. The summed E-state index contributed by atoms with van der Waals surface area (Å²) in [6, 6.07) is 14.8. The third-order valence-electron chi connectivity index (χ3n) is 3.09. The van der Waals surface area contributed by atoms with Crippen LogP contribution < -0.4 is 5.32 Å². The normalized spacial score (nSPS) is 10.5. The number of aryl methyl sites for hydroxylation is 1. The van der Waals surface area contributed by atoms with Crippen molar-refractivity contribution in [1.82, 2.24) is 10.1 Å². The highest BCUT2D eigenvalue weighted by molar-refractivity contribution is 5.55. The molecule has 3 rings (SSSR count). The highest BCUT2D eigenvalue weighted by Gasteiger charge is 2.08. The van der Waals surface area contributed by atoms with E-state index in [1.807, 2.05) is 31.2 Å². The Morgan fingerprint density at radius 2 is 1.76 bits per heavy atom. The number of hydrogen-bond donors (Lipinski definition) is 2. The summed E-state index contributed by atoms with van der Waals surface area (Å²) in [6.45, 7) is 2.51. The summed E-state index contributed by atoms with van der Waals surface area (Å²) in [5.74, 6) is 1.23. The van der Waals surface area contributed by atoms with Crippen LogP contribution in [0.3, 0.4) is 0 Å². The Kier molecular flexibility index (Phi) is 3.55. The molecule has 0 unspecified atom stereocenters. The van der Waals surface area contributed by atoms with Crippen LogP contribution in [0.15, 0.2) is 53.1 Å². The zero-order valence-electron chi connectivity index (χ0n) is 11.6. The van der Waals surface area contributed by atoms with Gasteiger partial charge in [-0.1, -0.05) is 22.9 Å². The van der Waals surface area contributed by atoms with Crippen LogP contribution in [0.5, 0.6) is 5.75 Å². The predicted molar refractivity (Wildman–Crippen MR) is 79.9 cm³/mol. The van der Waals surface area contributed by atoms with Gasteiger partial charge >= 0.3 is 0 Å². The maximum absolute atomic E-state index is 9.26. The molecule has 0 radical (unpaired) electrons. The Bertz CT molecular complexity index is 718. The molecular weight excluding hydrogens is 266 g/mol. The molecule has 0 atom stereocenters. The lowest BCUT2D eigenvalue weighted by Gasteiger charge is -2.02. The fourth-order valence-electron chi connectivity index (χ4n) is 1.90. The Balaban J connectivity index is 1.67. The Morgan fingerprint density at radius 3 is 2.48 bits per heavy atom. The molecule has 5 heteroatoms. The summed E-state index contributed by atoms with van der Waals surface area (Å²) in [4.78, 5) is 4.32. The lowest BCUT2D eigenvalue weighted by molar-refractivity contribution is 0.384. The lowest BCUT2D eigenvalue weighted by atomic mass is 10.2. The average Bonchev–Trinajstić information content (AvgIpc) is 2.96. The summed E-state index contributed by atoms with van der Waals surface area (Å²) < 4.78 is 5.21. The fraction of sp³-hybridized carbons (Fsp3) is 0.125. The second-order valence-electron chi connectivity index (χ2n) is 4.78. The van der Waals surface area contributed by atoms with Gasteiger partial charge in [-0.2, -0.15) is 4.98 Å². The molecule has 0 saturated carbocycles. The van der Waals surface area contributed by atoms with E-state index in [2.05, 4.69) is 15.5 Å². The third-order valence-corrected chi connectivity index (χ3v) is 3.09. The van der Waals surface area contributed by atoms with Crippen LogP contribution in [-0.2, 0) is 6.54 Å². The maximum Gasteiger partial charge on any atom is 0.246 e. The van der Waals surface area contributed by atoms with E-state index >= 15 is 0 Å². The van der Waals surface area contributed by atoms with Gasteiger partial charge in [0.15, 0.2) is 0 Å². The molecule has 3 aromatic rings. The van der Waals surface area contributed by atoms with E-state index in [4.69, 9.17) is 4.52 Å². The van der Waals surface area contributed by atoms with Crippen molar-refractivity contribution >= 4 is 5.69 Å². The first-order chi connectivity index (χ1) is 10.2. The average molecular weight is 281 g/mol. The Morgan fingerprint density at radius 1 is 1.05 bits per heavy atom. The minimum absolute atomic E-state index is 0.212. The standard InChI is InChI=1S/C16H15N3O2/c1-11-2-6-13(7-3-11)17-10-15-18-16(19-21-15)12-4-8-14(20)9-5-12/h2-9,17,20H,10H2,1H3. The van der Waals surface area contributed by atoms with Gasteiger partial charge in [0.25, 0.3) is 0 Å². The molecule has 0 aliphatic heterocycles. The molecule has 5 nitrogen and oxygen atoms in total. The molecule has 0 bridgehead atoms. The molecule has 0 spiro atoms. The van der Waals surface area contributed by atoms with Crippen molar-refractivity contribution in [2.24, 2.45) is 0 Å². The number of nitrogens with zero attached hydrogens (tertiary/aromatic N) is 2. The number of phenols is 1. The van der Waals surface area contributed by atoms with Crippen LogP contribution in [0.2, 0.25) is 0 Å². The maximum atomic E-state index is 9.26. The molecule has 21 heavy (non-hydrogen) atoms. The zero-order valence-corrected chi connectivity index (χ0v) is 11.6. The van der Waals surface area contributed by atoms with Gasteiger partial charge in [0, 0.05) is 11.3 Å². The van der Waals surface area contributed by atoms with Crippen LogP contribution >= 0.6 is 0 Å². The zero-order chi connectivity index (χ0) is 14.7. The quantitative estimate of drug-likeness (QED) is 0.767. The highest BCUT2D eigenvalue weighted by atomic mass is 16.5. The Labute approximate surface area is 122 Å². The van der Waals surface area contributed by atoms with E-state index in [1.165, 1.54) is 5.56 Å². The SMILES string of the molecule is Cc1ccc(NCc2nc(-c3ccc(O)cc3)no2)cc1. The highest BCUT2D eigenvalue weighted by Crippen LogP contribution is 2.19. The first-order valence-corrected chi connectivity index (χ1v) is 6.63. The number of nitrogens with one attached hydrogen (secondary N) is 1. The van der Waals surface area contributed by atoms with E-state index in [0.29, 0.717) is 18.3 Å². The molecule has 0 aliphatic carbocycles. The first kappa shape index (κ1) is 13.2. The molecule has 1 aromatic heterocycles. The van der Waals surface area contributed by atoms with Crippen molar-refractivity contribution in [3.63, 3.8) is 0 Å². The van der Waals surface area contributed by atoms with E-state index in [-0.39, 0.29) is 5.75 Å². The topological polar surface area (TPSA) is 71.2 Å². The molecule has 2 aromatic carbocycles. The van der Waals surface area contributed by atoms with E-state index in [9.17, 15) is 5.11 Å². The van der Waals surface area contributed by atoms with Gasteiger partial charge in [0.2, 0.25) is 11.7 Å². The van der Waals surface area contributed by atoms with Crippen molar-refractivity contribution in [2.45, 2.75) is 13.5 Å². The molecular formula is C16H15N3O2. The summed E-state index contributed by atoms with van der Waals surface area (Å²) in [5.41, 5.74) is 3.02. The van der Waals surface area contributed by atoms with Crippen molar-refractivity contribution < 1.29 is 9.63 Å². The van der Waals surface area contributed by atoms with Crippen LogP contribution in [0.1, 0.15) is 11.5 Å². The van der Waals surface area contributed by atoms with E-state index in [0.717, 1.165) is 11.3 Å². The van der Waals surface area contributed by atoms with Gasteiger partial charge < -0.3 is 14.9 Å². The van der Waals surface area contributed by atoms with Gasteiger partial charge in [-0.05, 0) is 43.3 Å². The van der Waals surface area contributed by atoms with Crippen molar-refractivity contribution in [1.29, 1.82) is 0 Å². The number of benzene rings is 2. The number of phenolic OH excluding ortho intramolecular Hbond substituents is 1. The summed E-state index contributed by atoms with van der Waals surface area (Å²) in [7, 11) is 0. The smallest absolute Gasteiger partial charge is 0.246 e. The summed E-state index contributed by atoms with van der Waals surface area (Å²) >= 11 is 0. The van der Waals surface area contributed by atoms with Crippen molar-refractivity contribution in [3.05, 3.63) is 60.0 Å². The number of hydrogen-bond acceptors (Lipinski definition) is 5. The minimum Gasteiger partial charge on any atom is -0.508 e. The second kappa shape index (κ2) is 5.66. The van der Waals surface area contributed by atoms with Gasteiger partial charge in [0.05, 0.1) is 6.54 Å². The van der Waals surface area contributed by atoms with Gasteiger partial charge in [-0.15, -0.1) is 0 Å². The predicted octanol–water partition coefficient (Wildman–Crippen LogP) is 3.36. The number of aromatic nitrogens is 2. The molecule has 0 amide bonds. The van der Waals surface area contributed by atoms with Gasteiger partial charge in [-0.3, -0.25) is 0 Å². The van der Waals surface area contributed by atoms with Crippen LogP contribution in [0.4, 0.5) is 5.69 Å². The van der Waals surface area contributed by atoms with Crippen molar-refractivity contribution in [2.75, 3.05) is 5.32 Å². The first-order valence-electron chi connectivity index (χ1n) is 6.63. The second-order valence-corrected chi connectivity index (χ2v) is 4.78. The van der Waals surface area contributed by atoms with Crippen molar-refractivity contribution in [3.8, 4) is 17.1 Å². The van der Waals surface area contributed by atoms with Gasteiger partial charge in [-0.25, -0.2) is 0 Å². The fourth-order valence-corrected chi connectivity index (χ4v) is 1.90. The van der Waals surface area contributed by atoms with E-state index in [1.54, 1.807) is 24.3 Å². The van der Waals surface area contributed by atoms with E-state index < -0.39 is 0 Å². The number of anilines is 1. The molecule has 1 heterocycles. The Hall–Kier alpha value is -2.82. The molecule has 106 valence electrons. The van der Waals surface area contributed by atoms with Crippen LogP contribution in [-0.4, -0.2) is 15.2 Å². The monoisotopic (exact) mass is 281 g/mol. The number of rotatable bonds is 4. The molecule has 0 fully saturated rings. The third kappa shape index (κ3) is 3.20. The van der Waals surface area contributed by atoms with Crippen LogP contribution in [0.25, 0.3) is 11.4 Å². The summed E-state index contributed by atoms with van der Waals surface area (Å²) in [6.07, 6.45) is 0. The molecule has 2 N–H and O–H groups in total. The number of aromatic hydroxyl groups is 1. The molecule has 0 saturated heterocycles. The largest absolute Gasteiger partial charge is 0.508 e. The van der Waals surface area contributed by atoms with Gasteiger partial charge in [0.1, 0.15) is 5.75 Å². The lowest BCUT2D eigenvalue weighted by Crippen LogP contribution is -1.99.